The van der Waals surface area contributed by atoms with Crippen molar-refractivity contribution < 1.29 is 27.9 Å². The van der Waals surface area contributed by atoms with Gasteiger partial charge in [0.1, 0.15) is 0 Å². The smallest absolute Gasteiger partial charge is 0.416 e. The highest BCUT2D eigenvalue weighted by molar-refractivity contribution is 7.10. The molecule has 1 aliphatic heterocycles. The predicted molar refractivity (Wildman–Crippen MR) is 112 cm³/mol. The van der Waals surface area contributed by atoms with E-state index in [1.165, 1.54) is 27.2 Å². The summed E-state index contributed by atoms with van der Waals surface area (Å²) in [6.07, 6.45) is -5.22. The Morgan fingerprint density at radius 1 is 1.32 bits per heavy atom. The van der Waals surface area contributed by atoms with Gasteiger partial charge in [-0.05, 0) is 54.1 Å². The summed E-state index contributed by atoms with van der Waals surface area (Å²) in [6, 6.07) is 5.18. The van der Waals surface area contributed by atoms with Crippen LogP contribution in [0.15, 0.2) is 29.6 Å². The molecule has 10 heteroatoms. The maximum atomic E-state index is 13.3. The molecule has 0 aliphatic carbocycles. The Hall–Kier alpha value is -2.26. The Kier molecular flexibility index (Phi) is 6.85. The average molecular weight is 475 g/mol. The second-order valence-electron chi connectivity index (χ2n) is 7.74. The van der Waals surface area contributed by atoms with Gasteiger partial charge in [-0.2, -0.15) is 13.2 Å². The Morgan fingerprint density at radius 2 is 2.03 bits per heavy atom. The number of piperidine rings is 1. The summed E-state index contributed by atoms with van der Waals surface area (Å²) >= 11 is 7.34. The molecular formula is C21H22ClF3N2O3S. The molecule has 168 valence electrons. The van der Waals surface area contributed by atoms with Crippen molar-refractivity contribution >= 4 is 34.9 Å². The third-order valence-corrected chi connectivity index (χ3v) is 6.89. The van der Waals surface area contributed by atoms with E-state index in [0.29, 0.717) is 6.42 Å². The van der Waals surface area contributed by atoms with Crippen LogP contribution < -0.4 is 0 Å². The highest BCUT2D eigenvalue weighted by Crippen LogP contribution is 2.38. The molecule has 0 bridgehead atoms. The number of hydrogen-bond acceptors (Lipinski definition) is 3. The fourth-order valence-corrected chi connectivity index (χ4v) is 5.34. The minimum atomic E-state index is -4.53. The summed E-state index contributed by atoms with van der Waals surface area (Å²) in [5, 5.41) is 11.3. The van der Waals surface area contributed by atoms with E-state index in [9.17, 15) is 27.9 Å². The van der Waals surface area contributed by atoms with Gasteiger partial charge in [-0.25, -0.2) is 4.79 Å². The summed E-state index contributed by atoms with van der Waals surface area (Å²) < 4.78 is 39.3. The average Bonchev–Trinajstić information content (AvgIpc) is 3.11. The van der Waals surface area contributed by atoms with Gasteiger partial charge in [-0.1, -0.05) is 11.6 Å². The van der Waals surface area contributed by atoms with Gasteiger partial charge in [0.2, 0.25) is 5.91 Å². The predicted octanol–water partition coefficient (Wildman–Crippen LogP) is 5.47. The van der Waals surface area contributed by atoms with E-state index in [1.54, 1.807) is 7.05 Å². The second-order valence-corrected chi connectivity index (χ2v) is 9.12. The fourth-order valence-electron chi connectivity index (χ4n) is 3.99. The molecule has 1 aliphatic rings. The maximum absolute atomic E-state index is 13.3. The number of alkyl halides is 3. The van der Waals surface area contributed by atoms with Crippen LogP contribution in [-0.2, 0) is 17.5 Å². The van der Waals surface area contributed by atoms with E-state index < -0.39 is 23.8 Å². The van der Waals surface area contributed by atoms with Gasteiger partial charge >= 0.3 is 12.3 Å². The van der Waals surface area contributed by atoms with Gasteiger partial charge in [-0.15, -0.1) is 11.3 Å². The molecule has 2 aromatic rings. The number of thiophene rings is 1. The van der Waals surface area contributed by atoms with Crippen molar-refractivity contribution in [2.45, 2.75) is 32.0 Å². The summed E-state index contributed by atoms with van der Waals surface area (Å²) in [7, 11) is 1.54. The Balaban J connectivity index is 1.82. The lowest BCUT2D eigenvalue weighted by Gasteiger charge is -2.38. The van der Waals surface area contributed by atoms with Gasteiger partial charge in [0.25, 0.3) is 0 Å². The molecule has 2 atom stereocenters. The van der Waals surface area contributed by atoms with Crippen LogP contribution in [0.3, 0.4) is 0 Å². The van der Waals surface area contributed by atoms with Gasteiger partial charge in [0.15, 0.2) is 0 Å². The zero-order chi connectivity index (χ0) is 22.9. The van der Waals surface area contributed by atoms with Crippen LogP contribution in [0.5, 0.6) is 0 Å². The van der Waals surface area contributed by atoms with E-state index in [2.05, 4.69) is 0 Å². The first-order valence-electron chi connectivity index (χ1n) is 9.61. The molecule has 0 spiro atoms. The van der Waals surface area contributed by atoms with E-state index in [1.807, 2.05) is 18.4 Å². The largest absolute Gasteiger partial charge is 0.465 e. The van der Waals surface area contributed by atoms with Crippen LogP contribution in [0.25, 0.3) is 0 Å². The molecule has 3 rings (SSSR count). The molecule has 0 saturated carbocycles. The number of carboxylic acid groups (broad SMARTS) is 1. The molecule has 0 radical (unpaired) electrons. The highest BCUT2D eigenvalue weighted by atomic mass is 35.5. The van der Waals surface area contributed by atoms with Crippen molar-refractivity contribution in [1.82, 2.24) is 9.80 Å². The van der Waals surface area contributed by atoms with Crippen molar-refractivity contribution in [2.24, 2.45) is 5.92 Å². The molecule has 2 amide bonds. The van der Waals surface area contributed by atoms with Crippen molar-refractivity contribution in [3.05, 3.63) is 56.2 Å². The molecule has 2 heterocycles. The van der Waals surface area contributed by atoms with E-state index in [0.717, 1.165) is 22.6 Å². The lowest BCUT2D eigenvalue weighted by atomic mass is 9.82. The summed E-state index contributed by atoms with van der Waals surface area (Å²) in [4.78, 5) is 28.4. The second kappa shape index (κ2) is 9.08. The quantitative estimate of drug-likeness (QED) is 0.639. The first-order valence-corrected chi connectivity index (χ1v) is 10.9. The highest BCUT2D eigenvalue weighted by Gasteiger charge is 2.39. The zero-order valence-corrected chi connectivity index (χ0v) is 18.5. The van der Waals surface area contributed by atoms with Crippen LogP contribution >= 0.6 is 22.9 Å². The topological polar surface area (TPSA) is 60.9 Å². The first-order chi connectivity index (χ1) is 14.5. The van der Waals surface area contributed by atoms with Gasteiger partial charge in [-0.3, -0.25) is 4.79 Å². The normalized spacial score (nSPS) is 19.4. The van der Waals surface area contributed by atoms with Crippen LogP contribution in [-0.4, -0.2) is 47.0 Å². The molecule has 1 saturated heterocycles. The molecule has 1 aromatic carbocycles. The third kappa shape index (κ3) is 5.33. The lowest BCUT2D eigenvalue weighted by Crippen LogP contribution is -2.47. The number of likely N-dealkylation sites (tertiary alicyclic amines) is 1. The Bertz CT molecular complexity index is 979. The number of aryl methyl sites for hydroxylation is 1. The van der Waals surface area contributed by atoms with E-state index >= 15 is 0 Å². The molecule has 1 aromatic heterocycles. The van der Waals surface area contributed by atoms with Gasteiger partial charge < -0.3 is 14.9 Å². The minimum absolute atomic E-state index is 0.0300. The molecule has 1 N–H and O–H groups in total. The number of halogens is 4. The zero-order valence-electron chi connectivity index (χ0n) is 16.9. The standard InChI is InChI=1S/C21H22ClF3N2O3S/c1-12-4-6-31-18(12)17-11-27(20(29)30)5-3-16(17)19(28)26(2)10-13-7-14(21(23,24)25)9-15(22)8-13/h4,6-9,16-17H,3,5,10-11H2,1-2H3,(H,29,30). The first kappa shape index (κ1) is 23.4. The van der Waals surface area contributed by atoms with Crippen LogP contribution in [0.4, 0.5) is 18.0 Å². The monoisotopic (exact) mass is 474 g/mol. The van der Waals surface area contributed by atoms with E-state index in [4.69, 9.17) is 11.6 Å². The summed E-state index contributed by atoms with van der Waals surface area (Å²) in [5.74, 6) is -0.986. The van der Waals surface area contributed by atoms with Crippen molar-refractivity contribution in [1.29, 1.82) is 0 Å². The third-order valence-electron chi connectivity index (χ3n) is 5.52. The number of hydrogen-bond donors (Lipinski definition) is 1. The van der Waals surface area contributed by atoms with Gasteiger partial charge in [0, 0.05) is 48.4 Å². The molecule has 2 unspecified atom stereocenters. The number of rotatable bonds is 4. The van der Waals surface area contributed by atoms with Crippen LogP contribution in [0.2, 0.25) is 5.02 Å². The van der Waals surface area contributed by atoms with Crippen molar-refractivity contribution in [3.63, 3.8) is 0 Å². The molecule has 31 heavy (non-hydrogen) atoms. The number of benzene rings is 1. The summed E-state index contributed by atoms with van der Waals surface area (Å²) in [5.41, 5.74) is 0.410. The Morgan fingerprint density at radius 3 is 2.61 bits per heavy atom. The van der Waals surface area contributed by atoms with E-state index in [-0.39, 0.29) is 42.0 Å². The molecular weight excluding hydrogens is 453 g/mol. The van der Waals surface area contributed by atoms with Gasteiger partial charge in [0.05, 0.1) is 5.56 Å². The number of carbonyl (C=O) groups excluding carboxylic acids is 1. The number of nitrogens with zero attached hydrogens (tertiary/aromatic N) is 2. The summed E-state index contributed by atoms with van der Waals surface area (Å²) in [6.45, 7) is 2.32. The minimum Gasteiger partial charge on any atom is -0.465 e. The maximum Gasteiger partial charge on any atom is 0.416 e. The lowest BCUT2D eigenvalue weighted by molar-refractivity contribution is -0.137. The number of carbonyl (C=O) groups is 2. The van der Waals surface area contributed by atoms with Crippen molar-refractivity contribution in [2.75, 3.05) is 20.1 Å². The fraction of sp³-hybridized carbons (Fsp3) is 0.429. The SMILES string of the molecule is Cc1ccsc1C1CN(C(=O)O)CCC1C(=O)N(C)Cc1cc(Cl)cc(C(F)(F)F)c1. The number of amides is 2. The van der Waals surface area contributed by atoms with Crippen LogP contribution in [0.1, 0.15) is 33.9 Å². The van der Waals surface area contributed by atoms with Crippen molar-refractivity contribution in [3.8, 4) is 0 Å². The molecule has 5 nitrogen and oxygen atoms in total. The Labute approximate surface area is 187 Å². The molecule has 1 fully saturated rings. The van der Waals surface area contributed by atoms with Crippen LogP contribution in [0, 0.1) is 12.8 Å².